The molecule has 1 fully saturated rings. The van der Waals surface area contributed by atoms with Crippen molar-refractivity contribution in [1.82, 2.24) is 24.0 Å². The van der Waals surface area contributed by atoms with E-state index in [9.17, 15) is 8.42 Å². The first-order valence-corrected chi connectivity index (χ1v) is 8.54. The number of rotatable bonds is 3. The van der Waals surface area contributed by atoms with E-state index < -0.39 is 15.4 Å². The molecule has 0 amide bonds. The Morgan fingerprint density at radius 1 is 1.41 bits per heavy atom. The van der Waals surface area contributed by atoms with Crippen LogP contribution in [0.2, 0.25) is 0 Å². The van der Waals surface area contributed by atoms with Crippen molar-refractivity contribution in [3.05, 3.63) is 24.2 Å². The minimum absolute atomic E-state index is 0.0703. The number of sulfonamides is 1. The topological polar surface area (TPSA) is 94.1 Å². The molecule has 3 heterocycles. The minimum Gasteiger partial charge on any atom is -0.339 e. The summed E-state index contributed by atoms with van der Waals surface area (Å²) >= 11 is 0. The Hall–Kier alpha value is -1.74. The van der Waals surface area contributed by atoms with Crippen molar-refractivity contribution < 1.29 is 12.9 Å². The number of hydrogen-bond donors (Lipinski definition) is 0. The number of nitrogens with zero attached hydrogens (tertiary/aromatic N) is 5. The lowest BCUT2D eigenvalue weighted by Gasteiger charge is -2.36. The summed E-state index contributed by atoms with van der Waals surface area (Å²) in [6, 6.07) is 0. The van der Waals surface area contributed by atoms with E-state index in [2.05, 4.69) is 15.1 Å². The summed E-state index contributed by atoms with van der Waals surface area (Å²) in [6.07, 6.45) is 4.54. The lowest BCUT2D eigenvalue weighted by Crippen LogP contribution is -2.47. The smallest absolute Gasteiger partial charge is 0.262 e. The van der Waals surface area contributed by atoms with Gasteiger partial charge in [-0.25, -0.2) is 13.4 Å². The van der Waals surface area contributed by atoms with Crippen molar-refractivity contribution in [2.75, 3.05) is 13.1 Å². The van der Waals surface area contributed by atoms with Crippen LogP contribution in [-0.2, 0) is 22.5 Å². The molecule has 0 radical (unpaired) electrons. The molecule has 0 aliphatic carbocycles. The highest BCUT2D eigenvalue weighted by molar-refractivity contribution is 7.89. The quantitative estimate of drug-likeness (QED) is 0.830. The van der Waals surface area contributed by atoms with E-state index in [0.29, 0.717) is 24.8 Å². The summed E-state index contributed by atoms with van der Waals surface area (Å²) < 4.78 is 33.8. The number of aryl methyl sites for hydroxylation is 2. The Kier molecular flexibility index (Phi) is 3.56. The molecule has 2 aromatic heterocycles. The third kappa shape index (κ3) is 2.54. The van der Waals surface area contributed by atoms with Gasteiger partial charge in [-0.3, -0.25) is 0 Å². The zero-order valence-corrected chi connectivity index (χ0v) is 13.7. The van der Waals surface area contributed by atoms with Crippen LogP contribution in [0.15, 0.2) is 22.1 Å². The molecule has 0 N–H and O–H groups in total. The summed E-state index contributed by atoms with van der Waals surface area (Å²) in [5.41, 5.74) is -0.471. The van der Waals surface area contributed by atoms with Crippen molar-refractivity contribution in [2.24, 2.45) is 7.05 Å². The van der Waals surface area contributed by atoms with Crippen LogP contribution in [0.4, 0.5) is 0 Å². The van der Waals surface area contributed by atoms with Crippen LogP contribution in [0.25, 0.3) is 0 Å². The van der Waals surface area contributed by atoms with E-state index >= 15 is 0 Å². The van der Waals surface area contributed by atoms with Crippen molar-refractivity contribution in [3.63, 3.8) is 0 Å². The molecular formula is C13H19N5O3S. The van der Waals surface area contributed by atoms with Crippen LogP contribution in [-0.4, -0.2) is 45.5 Å². The molecule has 1 saturated heterocycles. The predicted octanol–water partition coefficient (Wildman–Crippen LogP) is 0.854. The van der Waals surface area contributed by atoms with Crippen LogP contribution < -0.4 is 0 Å². The van der Waals surface area contributed by atoms with Gasteiger partial charge >= 0.3 is 0 Å². The minimum atomic E-state index is -3.60. The molecule has 1 aliphatic rings. The number of aromatic nitrogens is 4. The van der Waals surface area contributed by atoms with Crippen LogP contribution in [0, 0.1) is 6.92 Å². The van der Waals surface area contributed by atoms with Crippen molar-refractivity contribution >= 4 is 10.0 Å². The Labute approximate surface area is 129 Å². The van der Waals surface area contributed by atoms with Crippen molar-refractivity contribution in [3.8, 4) is 0 Å². The van der Waals surface area contributed by atoms with Gasteiger partial charge in [0.1, 0.15) is 0 Å². The molecule has 0 aromatic carbocycles. The number of piperidine rings is 1. The molecule has 0 unspecified atom stereocenters. The lowest BCUT2D eigenvalue weighted by molar-refractivity contribution is 0.190. The van der Waals surface area contributed by atoms with E-state index in [4.69, 9.17) is 4.52 Å². The van der Waals surface area contributed by atoms with Gasteiger partial charge in [-0.2, -0.15) is 9.29 Å². The van der Waals surface area contributed by atoms with E-state index in [1.807, 2.05) is 6.92 Å². The molecule has 9 heteroatoms. The fraction of sp³-hybridized carbons (Fsp3) is 0.615. The SMILES string of the molecule is Cc1noc([C@@]2(C)CCCN(S(=O)(=O)c3cn(C)cn3)C2)n1. The van der Waals surface area contributed by atoms with Gasteiger partial charge in [0.05, 0.1) is 11.7 Å². The first kappa shape index (κ1) is 15.2. The van der Waals surface area contributed by atoms with E-state index in [1.165, 1.54) is 16.8 Å². The maximum absolute atomic E-state index is 12.7. The van der Waals surface area contributed by atoms with Gasteiger partial charge < -0.3 is 9.09 Å². The molecule has 120 valence electrons. The highest BCUT2D eigenvalue weighted by Gasteiger charge is 2.42. The standard InChI is InChI=1S/C13H19N5O3S/c1-10-15-12(21-16-10)13(2)5-4-6-18(8-13)22(19,20)11-7-17(3)9-14-11/h7,9H,4-6,8H2,1-3H3/t13-/m0/s1. The molecular weight excluding hydrogens is 306 g/mol. The zero-order valence-electron chi connectivity index (χ0n) is 12.9. The van der Waals surface area contributed by atoms with Gasteiger partial charge in [-0.15, -0.1) is 0 Å². The van der Waals surface area contributed by atoms with E-state index in [-0.39, 0.29) is 5.03 Å². The maximum Gasteiger partial charge on any atom is 0.262 e. The highest BCUT2D eigenvalue weighted by atomic mass is 32.2. The first-order chi connectivity index (χ1) is 10.3. The molecule has 0 spiro atoms. The van der Waals surface area contributed by atoms with Gasteiger partial charge in [-0.05, 0) is 26.7 Å². The van der Waals surface area contributed by atoms with Crippen molar-refractivity contribution in [1.29, 1.82) is 0 Å². The second-order valence-electron chi connectivity index (χ2n) is 6.03. The molecule has 2 aromatic rings. The Morgan fingerprint density at radius 2 is 2.18 bits per heavy atom. The third-order valence-electron chi connectivity index (χ3n) is 3.99. The van der Waals surface area contributed by atoms with Gasteiger partial charge in [0.2, 0.25) is 5.89 Å². The third-order valence-corrected chi connectivity index (χ3v) is 5.72. The predicted molar refractivity (Wildman–Crippen MR) is 77.6 cm³/mol. The summed E-state index contributed by atoms with van der Waals surface area (Å²) in [4.78, 5) is 8.25. The largest absolute Gasteiger partial charge is 0.339 e. The molecule has 3 rings (SSSR count). The monoisotopic (exact) mass is 325 g/mol. The summed E-state index contributed by atoms with van der Waals surface area (Å²) in [5, 5.41) is 3.89. The number of imidazole rings is 1. The van der Waals surface area contributed by atoms with Gasteiger partial charge in [0.25, 0.3) is 10.0 Å². The second-order valence-corrected chi connectivity index (χ2v) is 7.91. The van der Waals surface area contributed by atoms with Crippen LogP contribution >= 0.6 is 0 Å². The molecule has 1 aliphatic heterocycles. The van der Waals surface area contributed by atoms with Crippen LogP contribution in [0.3, 0.4) is 0 Å². The summed E-state index contributed by atoms with van der Waals surface area (Å²) in [5.74, 6) is 1.05. The molecule has 22 heavy (non-hydrogen) atoms. The molecule has 1 atom stereocenters. The van der Waals surface area contributed by atoms with Gasteiger partial charge in [-0.1, -0.05) is 5.16 Å². The Bertz CT molecular complexity index is 781. The Morgan fingerprint density at radius 3 is 2.77 bits per heavy atom. The van der Waals surface area contributed by atoms with E-state index in [1.54, 1.807) is 18.5 Å². The fourth-order valence-corrected chi connectivity index (χ4v) is 4.34. The first-order valence-electron chi connectivity index (χ1n) is 7.10. The van der Waals surface area contributed by atoms with Gasteiger partial charge in [0, 0.05) is 26.3 Å². The van der Waals surface area contributed by atoms with Crippen LogP contribution in [0.1, 0.15) is 31.5 Å². The average molecular weight is 325 g/mol. The second kappa shape index (κ2) is 5.17. The van der Waals surface area contributed by atoms with Crippen molar-refractivity contribution in [2.45, 2.75) is 37.1 Å². The molecule has 8 nitrogen and oxygen atoms in total. The normalized spacial score (nSPS) is 23.8. The van der Waals surface area contributed by atoms with Gasteiger partial charge in [0.15, 0.2) is 10.9 Å². The average Bonchev–Trinajstić information content (AvgIpc) is 3.08. The summed E-state index contributed by atoms with van der Waals surface area (Å²) in [6.45, 7) is 4.50. The summed E-state index contributed by atoms with van der Waals surface area (Å²) in [7, 11) is -1.86. The van der Waals surface area contributed by atoms with Crippen LogP contribution in [0.5, 0.6) is 0 Å². The highest BCUT2D eigenvalue weighted by Crippen LogP contribution is 2.34. The number of hydrogen-bond acceptors (Lipinski definition) is 6. The Balaban J connectivity index is 1.90. The zero-order chi connectivity index (χ0) is 16.0. The van der Waals surface area contributed by atoms with E-state index in [0.717, 1.165) is 12.8 Å². The molecule has 0 bridgehead atoms. The fourth-order valence-electron chi connectivity index (χ4n) is 2.77. The maximum atomic E-state index is 12.7. The lowest BCUT2D eigenvalue weighted by atomic mass is 9.83. The molecule has 0 saturated carbocycles.